The van der Waals surface area contributed by atoms with E-state index in [1.54, 1.807) is 0 Å². The van der Waals surface area contributed by atoms with E-state index in [-0.39, 0.29) is 0 Å². The monoisotopic (exact) mass is 244 g/mol. The van der Waals surface area contributed by atoms with Crippen molar-refractivity contribution in [3.63, 3.8) is 0 Å². The highest BCUT2D eigenvalue weighted by Crippen LogP contribution is 2.03. The number of unbranched alkanes of at least 4 members (excludes halogenated alkanes) is 5. The van der Waals surface area contributed by atoms with E-state index in [0.717, 1.165) is 0 Å². The third-order valence-corrected chi connectivity index (χ3v) is 4.14. The Morgan fingerprint density at radius 3 is 0.882 bits per heavy atom. The largest absolute Gasteiger partial charge is 0.325 e. The van der Waals surface area contributed by atoms with Gasteiger partial charge in [0.15, 0.2) is 0 Å². The predicted molar refractivity (Wildman–Crippen MR) is 81.5 cm³/mol. The first-order chi connectivity index (χ1) is 8.16. The summed E-state index contributed by atoms with van der Waals surface area (Å²) in [4.78, 5) is 0. The summed E-state index contributed by atoms with van der Waals surface area (Å²) in [5.74, 6) is 0. The lowest BCUT2D eigenvalue weighted by atomic mass is 10.1. The van der Waals surface area contributed by atoms with Crippen molar-refractivity contribution in [2.24, 2.45) is 0 Å². The molecule has 0 aliphatic rings. The van der Waals surface area contributed by atoms with Gasteiger partial charge in [0.1, 0.15) is 0 Å². The van der Waals surface area contributed by atoms with Crippen molar-refractivity contribution < 1.29 is 4.48 Å². The van der Waals surface area contributed by atoms with Crippen LogP contribution < -0.4 is 0 Å². The van der Waals surface area contributed by atoms with Gasteiger partial charge in [0.25, 0.3) is 0 Å². The Kier molecular flexibility index (Phi) is 15.9. The van der Waals surface area contributed by atoms with Crippen LogP contribution in [-0.2, 0) is 0 Å². The predicted octanol–water partition coefficient (Wildman–Crippen LogP) is 5.25. The summed E-state index contributed by atoms with van der Waals surface area (Å²) in [5, 5.41) is 0. The lowest BCUT2D eigenvalue weighted by Gasteiger charge is -2.34. The molecule has 0 saturated heterocycles. The molecular formula is C16H38N+. The number of quaternary nitrogens is 1. The minimum absolute atomic E-state index is 1.28. The molecule has 17 heavy (non-hydrogen) atoms. The van der Waals surface area contributed by atoms with Crippen LogP contribution >= 0.6 is 0 Å². The minimum atomic E-state index is 1.28. The van der Waals surface area contributed by atoms with Crippen molar-refractivity contribution in [1.82, 2.24) is 0 Å². The molecule has 0 saturated carbocycles. The average molecular weight is 244 g/mol. The van der Waals surface area contributed by atoms with E-state index < -0.39 is 0 Å². The van der Waals surface area contributed by atoms with Gasteiger partial charge in [-0.05, 0) is 27.7 Å². The lowest BCUT2D eigenvalue weighted by molar-refractivity contribution is -0.921. The van der Waals surface area contributed by atoms with Crippen molar-refractivity contribution in [1.29, 1.82) is 0 Å². The second-order valence-electron chi connectivity index (χ2n) is 5.02. The Balaban J connectivity index is 0. The van der Waals surface area contributed by atoms with E-state index in [2.05, 4.69) is 41.5 Å². The first-order valence-corrected chi connectivity index (χ1v) is 8.01. The van der Waals surface area contributed by atoms with E-state index in [4.69, 9.17) is 0 Å². The Labute approximate surface area is 111 Å². The highest BCUT2D eigenvalue weighted by molar-refractivity contribution is 4.39. The zero-order chi connectivity index (χ0) is 13.6. The highest BCUT2D eigenvalue weighted by Gasteiger charge is 2.16. The third kappa shape index (κ3) is 10.8. The molecule has 0 atom stereocenters. The fourth-order valence-corrected chi connectivity index (χ4v) is 2.20. The van der Waals surface area contributed by atoms with Crippen LogP contribution in [-0.4, -0.2) is 30.7 Å². The fraction of sp³-hybridized carbons (Fsp3) is 1.00. The summed E-state index contributed by atoms with van der Waals surface area (Å²) < 4.78 is 1.28. The van der Waals surface area contributed by atoms with Gasteiger partial charge in [0, 0.05) is 0 Å². The molecular weight excluding hydrogens is 206 g/mol. The molecule has 0 unspecified atom stereocenters. The summed E-state index contributed by atoms with van der Waals surface area (Å²) in [6.45, 7) is 18.7. The number of nitrogens with zero attached hydrogens (tertiary/aromatic N) is 1. The molecule has 0 amide bonds. The summed E-state index contributed by atoms with van der Waals surface area (Å²) >= 11 is 0. The number of hydrogen-bond donors (Lipinski definition) is 0. The van der Waals surface area contributed by atoms with Gasteiger partial charge in [-0.3, -0.25) is 0 Å². The second kappa shape index (κ2) is 14.0. The summed E-state index contributed by atoms with van der Waals surface area (Å²) in [6, 6.07) is 0. The maximum atomic E-state index is 2.27. The van der Waals surface area contributed by atoms with Crippen LogP contribution in [0.5, 0.6) is 0 Å². The average Bonchev–Trinajstić information content (AvgIpc) is 2.39. The number of rotatable bonds is 9. The Bertz CT molecular complexity index is 104. The van der Waals surface area contributed by atoms with Crippen molar-refractivity contribution in [3.05, 3.63) is 0 Å². The molecule has 0 aromatic heterocycles. The van der Waals surface area contributed by atoms with Crippen molar-refractivity contribution in [2.45, 2.75) is 80.1 Å². The van der Waals surface area contributed by atoms with E-state index in [1.165, 1.54) is 69.2 Å². The third-order valence-electron chi connectivity index (χ3n) is 4.14. The maximum absolute atomic E-state index is 2.27. The molecule has 0 radical (unpaired) electrons. The van der Waals surface area contributed by atoms with Crippen LogP contribution in [0.2, 0.25) is 0 Å². The van der Waals surface area contributed by atoms with E-state index in [1.807, 2.05) is 0 Å². The van der Waals surface area contributed by atoms with Gasteiger partial charge in [-0.25, -0.2) is 0 Å². The van der Waals surface area contributed by atoms with E-state index in [0.29, 0.717) is 0 Å². The molecule has 0 N–H and O–H groups in total. The summed E-state index contributed by atoms with van der Waals surface area (Å²) in [5.41, 5.74) is 0. The van der Waals surface area contributed by atoms with Crippen molar-refractivity contribution in [3.8, 4) is 0 Å². The maximum Gasteiger partial charge on any atom is 0.0757 e. The molecule has 0 aliphatic carbocycles. The molecule has 0 heterocycles. The molecule has 0 fully saturated rings. The van der Waals surface area contributed by atoms with Gasteiger partial charge in [-0.2, -0.15) is 0 Å². The van der Waals surface area contributed by atoms with E-state index in [9.17, 15) is 0 Å². The first-order valence-electron chi connectivity index (χ1n) is 8.01. The first kappa shape index (κ1) is 19.3. The SMILES string of the molecule is CCCCCCCC.CC[N+](CC)(CC)CC. The molecule has 106 valence electrons. The normalized spacial score (nSPS) is 10.9. The van der Waals surface area contributed by atoms with Gasteiger partial charge in [0.2, 0.25) is 0 Å². The van der Waals surface area contributed by atoms with Crippen LogP contribution in [0.1, 0.15) is 80.1 Å². The molecule has 0 aliphatic heterocycles. The second-order valence-corrected chi connectivity index (χ2v) is 5.02. The Hall–Kier alpha value is -0.0400. The zero-order valence-corrected chi connectivity index (χ0v) is 13.5. The van der Waals surface area contributed by atoms with Gasteiger partial charge in [0.05, 0.1) is 26.2 Å². The topological polar surface area (TPSA) is 0 Å². The zero-order valence-electron chi connectivity index (χ0n) is 13.5. The Morgan fingerprint density at radius 2 is 0.765 bits per heavy atom. The molecule has 0 spiro atoms. The highest BCUT2D eigenvalue weighted by atomic mass is 15.3. The molecule has 0 aromatic rings. The van der Waals surface area contributed by atoms with Crippen molar-refractivity contribution in [2.75, 3.05) is 26.2 Å². The van der Waals surface area contributed by atoms with Crippen LogP contribution in [0.15, 0.2) is 0 Å². The molecule has 1 heteroatoms. The molecule has 0 aromatic carbocycles. The molecule has 1 nitrogen and oxygen atoms in total. The molecule has 0 bridgehead atoms. The summed E-state index contributed by atoms with van der Waals surface area (Å²) in [6.07, 6.45) is 8.49. The lowest BCUT2D eigenvalue weighted by Crippen LogP contribution is -2.47. The van der Waals surface area contributed by atoms with Crippen LogP contribution in [0.3, 0.4) is 0 Å². The van der Waals surface area contributed by atoms with Gasteiger partial charge in [-0.1, -0.05) is 52.4 Å². The van der Waals surface area contributed by atoms with Crippen LogP contribution in [0.25, 0.3) is 0 Å². The Morgan fingerprint density at radius 1 is 0.471 bits per heavy atom. The molecule has 0 rings (SSSR count). The van der Waals surface area contributed by atoms with Gasteiger partial charge in [-0.15, -0.1) is 0 Å². The standard InChI is InChI=1S/C8H20N.C8H18/c1-5-9(6-2,7-3)8-4;1-3-5-7-8-6-4-2/h5-8H2,1-4H3;3-8H2,1-2H3/q+1;. The quantitative estimate of drug-likeness (QED) is 0.384. The van der Waals surface area contributed by atoms with E-state index >= 15 is 0 Å². The summed E-state index contributed by atoms with van der Waals surface area (Å²) in [7, 11) is 0. The van der Waals surface area contributed by atoms with Crippen molar-refractivity contribution >= 4 is 0 Å². The van der Waals surface area contributed by atoms with Gasteiger partial charge < -0.3 is 4.48 Å². The smallest absolute Gasteiger partial charge is 0.0757 e. The van der Waals surface area contributed by atoms with Crippen LogP contribution in [0, 0.1) is 0 Å². The van der Waals surface area contributed by atoms with Gasteiger partial charge >= 0.3 is 0 Å². The van der Waals surface area contributed by atoms with Crippen LogP contribution in [0.4, 0.5) is 0 Å². The fourth-order valence-electron chi connectivity index (χ4n) is 2.20. The number of hydrogen-bond acceptors (Lipinski definition) is 0. The minimum Gasteiger partial charge on any atom is -0.325 e.